The third kappa shape index (κ3) is 5.37. The molecule has 1 rings (SSSR count). The number of nitrogens with zero attached hydrogens (tertiary/aromatic N) is 1. The van der Waals surface area contributed by atoms with Gasteiger partial charge in [0.05, 0.1) is 17.3 Å². The van der Waals surface area contributed by atoms with Crippen LogP contribution >= 0.6 is 11.6 Å². The number of ether oxygens (including phenoxy) is 1. The standard InChI is InChI=1S/C13H21ClN2O/c1-13(2,3)7-8-17-9-11-10(14)5-6-12(15-4)16-11/h5-6H,7-9H2,1-4H3,(H,15,16). The first-order valence-electron chi connectivity index (χ1n) is 5.83. The van der Waals surface area contributed by atoms with Crippen LogP contribution in [0.25, 0.3) is 0 Å². The van der Waals surface area contributed by atoms with E-state index in [1.165, 1.54) is 0 Å². The molecule has 0 aliphatic heterocycles. The number of aromatic nitrogens is 1. The number of nitrogens with one attached hydrogen (secondary N) is 1. The molecule has 1 heterocycles. The van der Waals surface area contributed by atoms with Crippen LogP contribution in [0.2, 0.25) is 5.02 Å². The van der Waals surface area contributed by atoms with Crippen LogP contribution in [0.4, 0.5) is 5.82 Å². The Morgan fingerprint density at radius 1 is 1.35 bits per heavy atom. The van der Waals surface area contributed by atoms with Crippen molar-refractivity contribution in [1.29, 1.82) is 0 Å². The molecule has 96 valence electrons. The molecule has 0 spiro atoms. The van der Waals surface area contributed by atoms with E-state index in [0.717, 1.165) is 24.5 Å². The largest absolute Gasteiger partial charge is 0.375 e. The third-order valence-electron chi connectivity index (χ3n) is 2.41. The van der Waals surface area contributed by atoms with Crippen molar-refractivity contribution in [3.05, 3.63) is 22.8 Å². The van der Waals surface area contributed by atoms with Crippen LogP contribution < -0.4 is 5.32 Å². The first kappa shape index (κ1) is 14.3. The van der Waals surface area contributed by atoms with Crippen molar-refractivity contribution in [2.45, 2.75) is 33.8 Å². The Morgan fingerprint density at radius 3 is 2.65 bits per heavy atom. The predicted octanol–water partition coefficient (Wildman–Crippen LogP) is 3.73. The Hall–Kier alpha value is -0.800. The van der Waals surface area contributed by atoms with Crippen LogP contribution in [0.5, 0.6) is 0 Å². The van der Waals surface area contributed by atoms with E-state index in [0.29, 0.717) is 17.0 Å². The zero-order valence-corrected chi connectivity index (χ0v) is 11.8. The van der Waals surface area contributed by atoms with Crippen molar-refractivity contribution in [2.24, 2.45) is 5.41 Å². The molecule has 0 bridgehead atoms. The Labute approximate surface area is 109 Å². The highest BCUT2D eigenvalue weighted by Gasteiger charge is 2.10. The molecular weight excluding hydrogens is 236 g/mol. The molecule has 17 heavy (non-hydrogen) atoms. The number of pyridine rings is 1. The number of rotatable bonds is 5. The molecule has 0 saturated heterocycles. The van der Waals surface area contributed by atoms with Crippen LogP contribution in [-0.2, 0) is 11.3 Å². The zero-order chi connectivity index (χ0) is 12.9. The molecular formula is C13H21ClN2O. The van der Waals surface area contributed by atoms with E-state index < -0.39 is 0 Å². The number of hydrogen-bond acceptors (Lipinski definition) is 3. The molecule has 0 aliphatic rings. The summed E-state index contributed by atoms with van der Waals surface area (Å²) in [6, 6.07) is 3.68. The van der Waals surface area contributed by atoms with Crippen molar-refractivity contribution in [3.8, 4) is 0 Å². The second kappa shape index (κ2) is 6.22. The Morgan fingerprint density at radius 2 is 2.06 bits per heavy atom. The van der Waals surface area contributed by atoms with Gasteiger partial charge in [0.15, 0.2) is 0 Å². The summed E-state index contributed by atoms with van der Waals surface area (Å²) in [6.07, 6.45) is 1.02. The van der Waals surface area contributed by atoms with Crippen molar-refractivity contribution in [3.63, 3.8) is 0 Å². The van der Waals surface area contributed by atoms with Gasteiger partial charge in [-0.05, 0) is 24.0 Å². The second-order valence-corrected chi connectivity index (χ2v) is 5.65. The lowest BCUT2D eigenvalue weighted by atomic mass is 9.93. The average molecular weight is 257 g/mol. The minimum atomic E-state index is 0.296. The van der Waals surface area contributed by atoms with Crippen molar-refractivity contribution >= 4 is 17.4 Å². The van der Waals surface area contributed by atoms with Gasteiger partial charge >= 0.3 is 0 Å². The van der Waals surface area contributed by atoms with E-state index in [-0.39, 0.29) is 0 Å². The van der Waals surface area contributed by atoms with E-state index >= 15 is 0 Å². The van der Waals surface area contributed by atoms with E-state index in [9.17, 15) is 0 Å². The summed E-state index contributed by atoms with van der Waals surface area (Å²) >= 11 is 6.05. The fraction of sp³-hybridized carbons (Fsp3) is 0.615. The van der Waals surface area contributed by atoms with Crippen LogP contribution in [0.15, 0.2) is 12.1 Å². The van der Waals surface area contributed by atoms with Gasteiger partial charge < -0.3 is 10.1 Å². The van der Waals surface area contributed by atoms with Gasteiger partial charge in [0.1, 0.15) is 5.82 Å². The van der Waals surface area contributed by atoms with Crippen LogP contribution in [0.1, 0.15) is 32.9 Å². The molecule has 3 nitrogen and oxygen atoms in total. The lowest BCUT2D eigenvalue weighted by molar-refractivity contribution is 0.0942. The van der Waals surface area contributed by atoms with Crippen LogP contribution in [0.3, 0.4) is 0 Å². The van der Waals surface area contributed by atoms with Crippen molar-refractivity contribution < 1.29 is 4.74 Å². The summed E-state index contributed by atoms with van der Waals surface area (Å²) in [6.45, 7) is 7.78. The molecule has 1 aromatic heterocycles. The fourth-order valence-electron chi connectivity index (χ4n) is 1.27. The summed E-state index contributed by atoms with van der Waals surface area (Å²) in [5.74, 6) is 0.809. The maximum Gasteiger partial charge on any atom is 0.126 e. The number of hydrogen-bond donors (Lipinski definition) is 1. The molecule has 0 aromatic carbocycles. The van der Waals surface area contributed by atoms with E-state index in [1.54, 1.807) is 0 Å². The zero-order valence-electron chi connectivity index (χ0n) is 11.0. The second-order valence-electron chi connectivity index (χ2n) is 5.24. The molecule has 1 N–H and O–H groups in total. The minimum absolute atomic E-state index is 0.296. The Kier molecular flexibility index (Phi) is 5.22. The highest BCUT2D eigenvalue weighted by Crippen LogP contribution is 2.20. The average Bonchev–Trinajstić information content (AvgIpc) is 2.25. The van der Waals surface area contributed by atoms with E-state index in [2.05, 4.69) is 31.1 Å². The van der Waals surface area contributed by atoms with Crippen LogP contribution in [-0.4, -0.2) is 18.6 Å². The highest BCUT2D eigenvalue weighted by atomic mass is 35.5. The molecule has 1 aromatic rings. The van der Waals surface area contributed by atoms with Gasteiger partial charge in [0.2, 0.25) is 0 Å². The van der Waals surface area contributed by atoms with Crippen molar-refractivity contribution in [2.75, 3.05) is 19.0 Å². The van der Waals surface area contributed by atoms with Gasteiger partial charge in [-0.2, -0.15) is 0 Å². The molecule has 0 aliphatic carbocycles. The van der Waals surface area contributed by atoms with Gasteiger partial charge in [0, 0.05) is 13.7 Å². The summed E-state index contributed by atoms with van der Waals surface area (Å²) in [7, 11) is 1.83. The van der Waals surface area contributed by atoms with Crippen molar-refractivity contribution in [1.82, 2.24) is 4.98 Å². The predicted molar refractivity (Wildman–Crippen MR) is 72.5 cm³/mol. The van der Waals surface area contributed by atoms with Gasteiger partial charge in [-0.15, -0.1) is 0 Å². The van der Waals surface area contributed by atoms with E-state index in [1.807, 2.05) is 19.2 Å². The van der Waals surface area contributed by atoms with E-state index in [4.69, 9.17) is 16.3 Å². The Balaban J connectivity index is 2.46. The van der Waals surface area contributed by atoms with Gasteiger partial charge in [0.25, 0.3) is 0 Å². The topological polar surface area (TPSA) is 34.1 Å². The third-order valence-corrected chi connectivity index (χ3v) is 2.75. The number of anilines is 1. The van der Waals surface area contributed by atoms with Gasteiger partial charge in [-0.1, -0.05) is 32.4 Å². The first-order valence-corrected chi connectivity index (χ1v) is 6.21. The molecule has 0 saturated carbocycles. The summed E-state index contributed by atoms with van der Waals surface area (Å²) in [4.78, 5) is 4.36. The molecule has 0 amide bonds. The maximum absolute atomic E-state index is 6.05. The fourth-order valence-corrected chi connectivity index (χ4v) is 1.43. The summed E-state index contributed by atoms with van der Waals surface area (Å²) in [5, 5.41) is 3.64. The monoisotopic (exact) mass is 256 g/mol. The van der Waals surface area contributed by atoms with Gasteiger partial charge in [-0.3, -0.25) is 0 Å². The van der Waals surface area contributed by atoms with Gasteiger partial charge in [-0.25, -0.2) is 4.98 Å². The lowest BCUT2D eigenvalue weighted by Crippen LogP contribution is -2.10. The molecule has 4 heteroatoms. The normalized spacial score (nSPS) is 11.6. The summed E-state index contributed by atoms with van der Waals surface area (Å²) < 4.78 is 5.60. The molecule has 0 fully saturated rings. The minimum Gasteiger partial charge on any atom is -0.375 e. The lowest BCUT2D eigenvalue weighted by Gasteiger charge is -2.17. The molecule has 0 radical (unpaired) electrons. The molecule has 0 atom stereocenters. The first-order chi connectivity index (χ1) is 7.92. The Bertz CT molecular complexity index is 361. The van der Waals surface area contributed by atoms with Crippen LogP contribution in [0, 0.1) is 5.41 Å². The maximum atomic E-state index is 6.05. The smallest absolute Gasteiger partial charge is 0.126 e. The SMILES string of the molecule is CNc1ccc(Cl)c(COCCC(C)(C)C)n1. The molecule has 0 unspecified atom stereocenters. The number of halogens is 1. The summed E-state index contributed by atoms with van der Waals surface area (Å²) in [5.41, 5.74) is 1.08. The highest BCUT2D eigenvalue weighted by molar-refractivity contribution is 6.31. The quantitative estimate of drug-likeness (QED) is 0.815.